The summed E-state index contributed by atoms with van der Waals surface area (Å²) >= 11 is 3.58. The van der Waals surface area contributed by atoms with Crippen LogP contribution in [0.25, 0.3) is 11.1 Å². The molecule has 4 rings (SSSR count). The van der Waals surface area contributed by atoms with E-state index < -0.39 is 0 Å². The minimum absolute atomic E-state index is 0.549. The van der Waals surface area contributed by atoms with E-state index in [1.165, 1.54) is 33.5 Å². The maximum Gasteiger partial charge on any atom is 0.120 e. The first-order chi connectivity index (χ1) is 15.7. The fourth-order valence-electron chi connectivity index (χ4n) is 4.70. The van der Waals surface area contributed by atoms with Gasteiger partial charge in [-0.15, -0.1) is 0 Å². The van der Waals surface area contributed by atoms with Gasteiger partial charge in [0.15, 0.2) is 0 Å². The first kappa shape index (κ1) is 22.5. The van der Waals surface area contributed by atoms with E-state index in [2.05, 4.69) is 107 Å². The molecule has 1 heterocycles. The lowest BCUT2D eigenvalue weighted by molar-refractivity contribution is -0.108. The SMILES string of the molecule is CC/C(=C(\c1ccc(Br)cc1)c1ccc(N2CCC(CC=O)CC2)cc1)c1ccccc1. The van der Waals surface area contributed by atoms with Crippen LogP contribution in [0.1, 0.15) is 49.3 Å². The zero-order valence-electron chi connectivity index (χ0n) is 18.6. The van der Waals surface area contributed by atoms with Gasteiger partial charge in [0.05, 0.1) is 0 Å². The highest BCUT2D eigenvalue weighted by Crippen LogP contribution is 2.36. The number of aldehydes is 1. The second kappa shape index (κ2) is 10.8. The van der Waals surface area contributed by atoms with Crippen molar-refractivity contribution < 1.29 is 4.79 Å². The molecule has 0 N–H and O–H groups in total. The fourth-order valence-corrected chi connectivity index (χ4v) is 4.96. The number of halogens is 1. The molecular weight excluding hydrogens is 458 g/mol. The lowest BCUT2D eigenvalue weighted by atomic mass is 9.88. The number of nitrogens with zero attached hydrogens (tertiary/aromatic N) is 1. The van der Waals surface area contributed by atoms with E-state index in [9.17, 15) is 4.79 Å². The smallest absolute Gasteiger partial charge is 0.120 e. The number of piperidine rings is 1. The van der Waals surface area contributed by atoms with E-state index in [1.807, 2.05) is 0 Å². The number of anilines is 1. The van der Waals surface area contributed by atoms with Crippen LogP contribution in [-0.4, -0.2) is 19.4 Å². The van der Waals surface area contributed by atoms with Crippen LogP contribution in [0.3, 0.4) is 0 Å². The van der Waals surface area contributed by atoms with Crippen LogP contribution < -0.4 is 4.90 Å². The minimum Gasteiger partial charge on any atom is -0.372 e. The highest BCUT2D eigenvalue weighted by Gasteiger charge is 2.19. The Kier molecular flexibility index (Phi) is 7.59. The number of hydrogen-bond donors (Lipinski definition) is 0. The Bertz CT molecular complexity index is 1050. The molecule has 32 heavy (non-hydrogen) atoms. The van der Waals surface area contributed by atoms with Gasteiger partial charge in [0.25, 0.3) is 0 Å². The van der Waals surface area contributed by atoms with Crippen LogP contribution >= 0.6 is 15.9 Å². The van der Waals surface area contributed by atoms with Gasteiger partial charge in [-0.3, -0.25) is 0 Å². The first-order valence-corrected chi connectivity index (χ1v) is 12.3. The van der Waals surface area contributed by atoms with Crippen LogP contribution in [0, 0.1) is 5.92 Å². The average molecular weight is 488 g/mol. The summed E-state index contributed by atoms with van der Waals surface area (Å²) in [4.78, 5) is 13.3. The van der Waals surface area contributed by atoms with E-state index in [0.29, 0.717) is 12.3 Å². The number of allylic oxidation sites excluding steroid dienone is 1. The maximum atomic E-state index is 10.8. The molecule has 0 bridgehead atoms. The third kappa shape index (κ3) is 5.21. The third-order valence-electron chi connectivity index (χ3n) is 6.48. The van der Waals surface area contributed by atoms with Gasteiger partial charge < -0.3 is 9.69 Å². The fraction of sp³-hybridized carbons (Fsp3) is 0.276. The van der Waals surface area contributed by atoms with Crippen LogP contribution in [0.4, 0.5) is 5.69 Å². The topological polar surface area (TPSA) is 20.3 Å². The summed E-state index contributed by atoms with van der Waals surface area (Å²) < 4.78 is 1.09. The van der Waals surface area contributed by atoms with Crippen LogP contribution in [0.2, 0.25) is 0 Å². The average Bonchev–Trinajstić information content (AvgIpc) is 2.85. The van der Waals surface area contributed by atoms with E-state index in [4.69, 9.17) is 0 Å². The number of carbonyl (C=O) groups excluding carboxylic acids is 1. The Morgan fingerprint density at radius 1 is 0.875 bits per heavy atom. The monoisotopic (exact) mass is 487 g/mol. The minimum atomic E-state index is 0.549. The summed E-state index contributed by atoms with van der Waals surface area (Å²) in [5.74, 6) is 0.549. The molecule has 0 unspecified atom stereocenters. The lowest BCUT2D eigenvalue weighted by Crippen LogP contribution is -2.33. The van der Waals surface area contributed by atoms with Crippen molar-refractivity contribution in [2.45, 2.75) is 32.6 Å². The first-order valence-electron chi connectivity index (χ1n) is 11.5. The molecule has 164 valence electrons. The Morgan fingerprint density at radius 2 is 1.47 bits per heavy atom. The molecule has 0 radical (unpaired) electrons. The van der Waals surface area contributed by atoms with E-state index >= 15 is 0 Å². The predicted molar refractivity (Wildman–Crippen MR) is 139 cm³/mol. The zero-order chi connectivity index (χ0) is 22.3. The van der Waals surface area contributed by atoms with Gasteiger partial charge in [-0.25, -0.2) is 0 Å². The van der Waals surface area contributed by atoms with E-state index in [-0.39, 0.29) is 0 Å². The molecule has 0 spiro atoms. The Hall–Kier alpha value is -2.65. The molecule has 1 saturated heterocycles. The van der Waals surface area contributed by atoms with Crippen molar-refractivity contribution in [2.24, 2.45) is 5.92 Å². The number of benzene rings is 3. The van der Waals surface area contributed by atoms with Crippen molar-refractivity contribution in [2.75, 3.05) is 18.0 Å². The molecule has 0 aromatic heterocycles. The van der Waals surface area contributed by atoms with Crippen LogP contribution in [0.15, 0.2) is 83.3 Å². The van der Waals surface area contributed by atoms with Gasteiger partial charge in [0, 0.05) is 29.7 Å². The van der Waals surface area contributed by atoms with Crippen LogP contribution in [0.5, 0.6) is 0 Å². The summed E-state index contributed by atoms with van der Waals surface area (Å²) in [6, 6.07) is 28.4. The second-order valence-corrected chi connectivity index (χ2v) is 9.38. The molecule has 2 nitrogen and oxygen atoms in total. The third-order valence-corrected chi connectivity index (χ3v) is 7.00. The molecule has 1 aliphatic heterocycles. The summed E-state index contributed by atoms with van der Waals surface area (Å²) in [5.41, 5.74) is 7.67. The Labute approximate surface area is 200 Å². The molecule has 1 aliphatic rings. The van der Waals surface area contributed by atoms with Gasteiger partial charge in [-0.2, -0.15) is 0 Å². The van der Waals surface area contributed by atoms with Gasteiger partial charge in [-0.1, -0.05) is 77.5 Å². The summed E-state index contributed by atoms with van der Waals surface area (Å²) in [6.45, 7) is 4.29. The standard InChI is InChI=1S/C29H30BrNO/c1-2-28(23-6-4-3-5-7-23)29(24-8-12-26(30)13-9-24)25-10-14-27(15-11-25)31-19-16-22(17-20-31)18-21-32/h3-15,21-22H,2,16-20H2,1H3/b29-28-. The Balaban J connectivity index is 1.69. The van der Waals surface area contributed by atoms with Gasteiger partial charge in [-0.05, 0) is 77.3 Å². The molecule has 1 fully saturated rings. The second-order valence-electron chi connectivity index (χ2n) is 8.46. The normalized spacial score (nSPS) is 15.4. The van der Waals surface area contributed by atoms with Crippen molar-refractivity contribution >= 4 is 39.0 Å². The van der Waals surface area contributed by atoms with Crippen molar-refractivity contribution in [1.82, 2.24) is 0 Å². The van der Waals surface area contributed by atoms with Crippen molar-refractivity contribution in [1.29, 1.82) is 0 Å². The zero-order valence-corrected chi connectivity index (χ0v) is 20.2. The van der Waals surface area contributed by atoms with Crippen LogP contribution in [-0.2, 0) is 4.79 Å². The molecule has 0 aliphatic carbocycles. The predicted octanol–water partition coefficient (Wildman–Crippen LogP) is 7.62. The maximum absolute atomic E-state index is 10.8. The lowest BCUT2D eigenvalue weighted by Gasteiger charge is -2.33. The number of hydrogen-bond acceptors (Lipinski definition) is 2. The van der Waals surface area contributed by atoms with Crippen molar-refractivity contribution in [3.63, 3.8) is 0 Å². The molecule has 0 amide bonds. The van der Waals surface area contributed by atoms with Gasteiger partial charge in [0.2, 0.25) is 0 Å². The summed E-state index contributed by atoms with van der Waals surface area (Å²) in [6.07, 6.45) is 4.93. The van der Waals surface area contributed by atoms with Gasteiger partial charge in [0.1, 0.15) is 6.29 Å². The summed E-state index contributed by atoms with van der Waals surface area (Å²) in [5, 5.41) is 0. The van der Waals surface area contributed by atoms with Crippen molar-refractivity contribution in [3.05, 3.63) is 100 Å². The van der Waals surface area contributed by atoms with E-state index in [1.54, 1.807) is 0 Å². The van der Waals surface area contributed by atoms with Crippen molar-refractivity contribution in [3.8, 4) is 0 Å². The number of rotatable bonds is 7. The van der Waals surface area contributed by atoms with Gasteiger partial charge >= 0.3 is 0 Å². The summed E-state index contributed by atoms with van der Waals surface area (Å²) in [7, 11) is 0. The highest BCUT2D eigenvalue weighted by molar-refractivity contribution is 9.10. The molecule has 3 aromatic carbocycles. The molecule has 3 aromatic rings. The Morgan fingerprint density at radius 3 is 2.03 bits per heavy atom. The highest BCUT2D eigenvalue weighted by atomic mass is 79.9. The largest absolute Gasteiger partial charge is 0.372 e. The number of carbonyl (C=O) groups is 1. The quantitative estimate of drug-likeness (QED) is 0.252. The molecular formula is C29H30BrNO. The molecule has 0 saturated carbocycles. The van der Waals surface area contributed by atoms with E-state index in [0.717, 1.165) is 43.1 Å². The molecule has 0 atom stereocenters. The molecule has 3 heteroatoms.